The fourth-order valence-electron chi connectivity index (χ4n) is 1.88. The molecule has 102 valence electrons. The van der Waals surface area contributed by atoms with Gasteiger partial charge in [0.15, 0.2) is 0 Å². The van der Waals surface area contributed by atoms with Crippen LogP contribution in [0.5, 0.6) is 0 Å². The second kappa shape index (κ2) is 8.52. The van der Waals surface area contributed by atoms with Gasteiger partial charge in [-0.2, -0.15) is 0 Å². The van der Waals surface area contributed by atoms with Gasteiger partial charge in [0.2, 0.25) is 0 Å². The molecule has 0 bridgehead atoms. The van der Waals surface area contributed by atoms with Crippen LogP contribution in [-0.2, 0) is 11.2 Å². The van der Waals surface area contributed by atoms with Crippen molar-refractivity contribution in [2.24, 2.45) is 5.92 Å². The van der Waals surface area contributed by atoms with Crippen LogP contribution in [0, 0.1) is 12.8 Å². The van der Waals surface area contributed by atoms with Gasteiger partial charge in [0.1, 0.15) is 0 Å². The summed E-state index contributed by atoms with van der Waals surface area (Å²) in [6, 6.07) is 6.31. The maximum Gasteiger partial charge on any atom is 0.0587 e. The van der Waals surface area contributed by atoms with Gasteiger partial charge in [-0.3, -0.25) is 0 Å². The third-order valence-electron chi connectivity index (χ3n) is 3.09. The van der Waals surface area contributed by atoms with Crippen molar-refractivity contribution >= 4 is 11.6 Å². The Morgan fingerprint density at radius 3 is 2.83 bits per heavy atom. The predicted octanol–water partition coefficient (Wildman–Crippen LogP) is 3.45. The second-order valence-corrected chi connectivity index (χ2v) is 5.34. The van der Waals surface area contributed by atoms with E-state index >= 15 is 0 Å². The number of benzene rings is 1. The van der Waals surface area contributed by atoms with Gasteiger partial charge in [0.05, 0.1) is 6.61 Å². The van der Waals surface area contributed by atoms with Crippen molar-refractivity contribution in [1.29, 1.82) is 0 Å². The quantitative estimate of drug-likeness (QED) is 0.730. The van der Waals surface area contributed by atoms with Crippen LogP contribution in [0.15, 0.2) is 18.2 Å². The zero-order valence-corrected chi connectivity index (χ0v) is 12.4. The maximum atomic E-state index is 6.23. The number of aryl methyl sites for hydroxylation is 2. The Balaban J connectivity index is 2.27. The second-order valence-electron chi connectivity index (χ2n) is 4.94. The molecule has 0 saturated carbocycles. The van der Waals surface area contributed by atoms with Crippen molar-refractivity contribution in [1.82, 2.24) is 5.32 Å². The SMILES string of the molecule is COCCNCC(C)CCc1ccc(C)cc1Cl. The van der Waals surface area contributed by atoms with E-state index in [2.05, 4.69) is 31.3 Å². The van der Waals surface area contributed by atoms with Crippen LogP contribution in [0.2, 0.25) is 5.02 Å². The average molecular weight is 270 g/mol. The fraction of sp³-hybridized carbons (Fsp3) is 0.600. The fourth-order valence-corrected chi connectivity index (χ4v) is 2.21. The Morgan fingerprint density at radius 2 is 2.17 bits per heavy atom. The van der Waals surface area contributed by atoms with Gasteiger partial charge in [0.25, 0.3) is 0 Å². The molecule has 0 aromatic heterocycles. The van der Waals surface area contributed by atoms with Crippen LogP contribution in [0.25, 0.3) is 0 Å². The Bertz CT molecular complexity index is 354. The molecule has 2 nitrogen and oxygen atoms in total. The molecule has 1 unspecified atom stereocenters. The number of nitrogens with one attached hydrogen (secondary N) is 1. The first-order valence-electron chi connectivity index (χ1n) is 6.58. The Kier molecular flexibility index (Phi) is 7.33. The van der Waals surface area contributed by atoms with Crippen LogP contribution in [-0.4, -0.2) is 26.8 Å². The van der Waals surface area contributed by atoms with Crippen molar-refractivity contribution in [3.05, 3.63) is 34.3 Å². The first kappa shape index (κ1) is 15.5. The van der Waals surface area contributed by atoms with E-state index in [4.69, 9.17) is 16.3 Å². The summed E-state index contributed by atoms with van der Waals surface area (Å²) < 4.78 is 5.00. The number of ether oxygens (including phenoxy) is 1. The molecule has 0 spiro atoms. The standard InChI is InChI=1S/C15H24ClNO/c1-12-4-6-14(15(16)10-12)7-5-13(2)11-17-8-9-18-3/h4,6,10,13,17H,5,7-9,11H2,1-3H3. The lowest BCUT2D eigenvalue weighted by Crippen LogP contribution is -2.25. The molecular formula is C15H24ClNO. The average Bonchev–Trinajstić information content (AvgIpc) is 2.33. The zero-order chi connectivity index (χ0) is 13.4. The molecule has 0 amide bonds. The lowest BCUT2D eigenvalue weighted by atomic mass is 10.0. The molecule has 1 N–H and O–H groups in total. The minimum Gasteiger partial charge on any atom is -0.383 e. The van der Waals surface area contributed by atoms with Gasteiger partial charge in [-0.25, -0.2) is 0 Å². The number of hydrogen-bond donors (Lipinski definition) is 1. The summed E-state index contributed by atoms with van der Waals surface area (Å²) in [5.41, 5.74) is 2.48. The van der Waals surface area contributed by atoms with Crippen LogP contribution < -0.4 is 5.32 Å². The highest BCUT2D eigenvalue weighted by atomic mass is 35.5. The van der Waals surface area contributed by atoms with Crippen LogP contribution >= 0.6 is 11.6 Å². The summed E-state index contributed by atoms with van der Waals surface area (Å²) >= 11 is 6.23. The van der Waals surface area contributed by atoms with Gasteiger partial charge < -0.3 is 10.1 Å². The van der Waals surface area contributed by atoms with Crippen LogP contribution in [0.3, 0.4) is 0 Å². The molecule has 1 aromatic carbocycles. The highest BCUT2D eigenvalue weighted by molar-refractivity contribution is 6.31. The zero-order valence-electron chi connectivity index (χ0n) is 11.6. The van der Waals surface area contributed by atoms with Gasteiger partial charge in [-0.15, -0.1) is 0 Å². The summed E-state index contributed by atoms with van der Waals surface area (Å²) in [5.74, 6) is 0.652. The minimum atomic E-state index is 0.652. The lowest BCUT2D eigenvalue weighted by Gasteiger charge is -2.13. The largest absolute Gasteiger partial charge is 0.383 e. The molecular weight excluding hydrogens is 246 g/mol. The highest BCUT2D eigenvalue weighted by Gasteiger charge is 2.05. The molecule has 3 heteroatoms. The van der Waals surface area contributed by atoms with Crippen LogP contribution in [0.4, 0.5) is 0 Å². The molecule has 0 saturated heterocycles. The van der Waals surface area contributed by atoms with E-state index in [0.717, 1.165) is 37.6 Å². The number of methoxy groups -OCH3 is 1. The highest BCUT2D eigenvalue weighted by Crippen LogP contribution is 2.20. The molecule has 0 aliphatic carbocycles. The molecule has 0 fully saturated rings. The molecule has 18 heavy (non-hydrogen) atoms. The van der Waals surface area contributed by atoms with E-state index in [9.17, 15) is 0 Å². The molecule has 0 aliphatic heterocycles. The summed E-state index contributed by atoms with van der Waals surface area (Å²) in [5, 5.41) is 4.29. The van der Waals surface area contributed by atoms with E-state index in [1.165, 1.54) is 11.1 Å². The van der Waals surface area contributed by atoms with E-state index in [0.29, 0.717) is 5.92 Å². The van der Waals surface area contributed by atoms with Crippen LogP contribution in [0.1, 0.15) is 24.5 Å². The summed E-state index contributed by atoms with van der Waals surface area (Å²) in [6.45, 7) is 7.06. The molecule has 0 heterocycles. The normalized spacial score (nSPS) is 12.7. The Morgan fingerprint density at radius 1 is 1.39 bits per heavy atom. The molecule has 1 aromatic rings. The van der Waals surface area contributed by atoms with Crippen molar-refractivity contribution in [3.63, 3.8) is 0 Å². The van der Waals surface area contributed by atoms with Gasteiger partial charge in [-0.1, -0.05) is 30.7 Å². The predicted molar refractivity (Wildman–Crippen MR) is 78.4 cm³/mol. The smallest absolute Gasteiger partial charge is 0.0587 e. The number of hydrogen-bond acceptors (Lipinski definition) is 2. The summed E-state index contributed by atoms with van der Waals surface area (Å²) in [4.78, 5) is 0. The Labute approximate surface area is 116 Å². The first-order chi connectivity index (χ1) is 8.63. The third-order valence-corrected chi connectivity index (χ3v) is 3.44. The Hall–Kier alpha value is -0.570. The minimum absolute atomic E-state index is 0.652. The summed E-state index contributed by atoms with van der Waals surface area (Å²) in [7, 11) is 1.73. The van der Waals surface area contributed by atoms with Crippen molar-refractivity contribution in [2.75, 3.05) is 26.8 Å². The molecule has 0 aliphatic rings. The molecule has 1 rings (SSSR count). The third kappa shape index (κ3) is 5.85. The van der Waals surface area contributed by atoms with E-state index in [-0.39, 0.29) is 0 Å². The van der Waals surface area contributed by atoms with E-state index in [1.807, 2.05) is 6.07 Å². The monoisotopic (exact) mass is 269 g/mol. The number of halogens is 1. The van der Waals surface area contributed by atoms with Crippen molar-refractivity contribution in [3.8, 4) is 0 Å². The van der Waals surface area contributed by atoms with E-state index in [1.54, 1.807) is 7.11 Å². The van der Waals surface area contributed by atoms with Gasteiger partial charge >= 0.3 is 0 Å². The first-order valence-corrected chi connectivity index (χ1v) is 6.96. The van der Waals surface area contributed by atoms with Gasteiger partial charge in [0, 0.05) is 18.7 Å². The molecule has 1 atom stereocenters. The van der Waals surface area contributed by atoms with Crippen molar-refractivity contribution < 1.29 is 4.74 Å². The number of rotatable bonds is 8. The van der Waals surface area contributed by atoms with Crippen molar-refractivity contribution in [2.45, 2.75) is 26.7 Å². The summed E-state index contributed by atoms with van der Waals surface area (Å²) in [6.07, 6.45) is 2.20. The molecule has 0 radical (unpaired) electrons. The topological polar surface area (TPSA) is 21.3 Å². The van der Waals surface area contributed by atoms with Gasteiger partial charge in [-0.05, 0) is 49.4 Å². The maximum absolute atomic E-state index is 6.23. The van der Waals surface area contributed by atoms with E-state index < -0.39 is 0 Å². The lowest BCUT2D eigenvalue weighted by molar-refractivity contribution is 0.198.